The Balaban J connectivity index is 1.99. The van der Waals surface area contributed by atoms with Gasteiger partial charge in [-0.3, -0.25) is 4.90 Å². The van der Waals surface area contributed by atoms with Crippen LogP contribution in [0.1, 0.15) is 12.6 Å². The molecule has 18 heavy (non-hydrogen) atoms. The highest BCUT2D eigenvalue weighted by Gasteiger charge is 2.24. The van der Waals surface area contributed by atoms with E-state index in [2.05, 4.69) is 15.2 Å². The molecular formula is C13H21N3O2. The van der Waals surface area contributed by atoms with Crippen LogP contribution >= 0.6 is 0 Å². The lowest BCUT2D eigenvalue weighted by Gasteiger charge is -2.35. The molecule has 2 unspecified atom stereocenters. The van der Waals surface area contributed by atoms with Gasteiger partial charge in [-0.15, -0.1) is 0 Å². The Kier molecular flexibility index (Phi) is 4.52. The Morgan fingerprint density at radius 3 is 3.06 bits per heavy atom. The maximum Gasteiger partial charge on any atom is 0.126 e. The summed E-state index contributed by atoms with van der Waals surface area (Å²) in [4.78, 5) is 6.78. The summed E-state index contributed by atoms with van der Waals surface area (Å²) in [6.45, 7) is 4.53. The first kappa shape index (κ1) is 13.3. The zero-order valence-corrected chi connectivity index (χ0v) is 11.0. The molecule has 2 atom stereocenters. The molecule has 2 N–H and O–H groups in total. The van der Waals surface area contributed by atoms with Gasteiger partial charge in [0.1, 0.15) is 5.82 Å². The van der Waals surface area contributed by atoms with Crippen LogP contribution in [0.3, 0.4) is 0 Å². The summed E-state index contributed by atoms with van der Waals surface area (Å²) in [5, 5.41) is 12.2. The number of ether oxygens (including phenoxy) is 1. The minimum Gasteiger partial charge on any atom is -0.394 e. The van der Waals surface area contributed by atoms with Crippen molar-refractivity contribution in [2.75, 3.05) is 32.1 Å². The highest BCUT2D eigenvalue weighted by atomic mass is 16.5. The van der Waals surface area contributed by atoms with E-state index in [0.29, 0.717) is 0 Å². The largest absolute Gasteiger partial charge is 0.394 e. The average Bonchev–Trinajstić information content (AvgIpc) is 2.38. The topological polar surface area (TPSA) is 57.6 Å². The molecule has 1 fully saturated rings. The van der Waals surface area contributed by atoms with Gasteiger partial charge in [0.2, 0.25) is 0 Å². The van der Waals surface area contributed by atoms with Gasteiger partial charge < -0.3 is 15.2 Å². The zero-order valence-electron chi connectivity index (χ0n) is 11.0. The van der Waals surface area contributed by atoms with Crippen LogP contribution < -0.4 is 5.32 Å². The highest BCUT2D eigenvalue weighted by molar-refractivity contribution is 5.34. The van der Waals surface area contributed by atoms with Gasteiger partial charge in [-0.05, 0) is 19.1 Å². The lowest BCUT2D eigenvalue weighted by Crippen LogP contribution is -2.47. The molecular weight excluding hydrogens is 230 g/mol. The van der Waals surface area contributed by atoms with E-state index in [1.165, 1.54) is 0 Å². The zero-order chi connectivity index (χ0) is 13.0. The summed E-state index contributed by atoms with van der Waals surface area (Å²) in [6.07, 6.45) is 0.0737. The van der Waals surface area contributed by atoms with E-state index in [1.54, 1.807) is 0 Å². The first-order valence-electron chi connectivity index (χ1n) is 6.33. The van der Waals surface area contributed by atoms with Crippen LogP contribution in [0, 0.1) is 0 Å². The van der Waals surface area contributed by atoms with Crippen molar-refractivity contribution in [3.8, 4) is 0 Å². The summed E-state index contributed by atoms with van der Waals surface area (Å²) in [6, 6.07) is 5.97. The molecule has 0 radical (unpaired) electrons. The quantitative estimate of drug-likeness (QED) is 0.825. The van der Waals surface area contributed by atoms with E-state index < -0.39 is 0 Å². The fourth-order valence-electron chi connectivity index (χ4n) is 2.31. The third kappa shape index (κ3) is 3.41. The maximum atomic E-state index is 9.20. The van der Waals surface area contributed by atoms with Crippen LogP contribution in [-0.4, -0.2) is 53.9 Å². The molecule has 2 heterocycles. The van der Waals surface area contributed by atoms with Crippen LogP contribution in [0.4, 0.5) is 5.82 Å². The second-order valence-corrected chi connectivity index (χ2v) is 4.71. The van der Waals surface area contributed by atoms with Gasteiger partial charge in [-0.1, -0.05) is 6.07 Å². The molecule has 1 aliphatic heterocycles. The number of anilines is 1. The number of nitrogens with one attached hydrogen (secondary N) is 1. The highest BCUT2D eigenvalue weighted by Crippen LogP contribution is 2.14. The van der Waals surface area contributed by atoms with Gasteiger partial charge in [0, 0.05) is 26.7 Å². The average molecular weight is 251 g/mol. The summed E-state index contributed by atoms with van der Waals surface area (Å²) in [5.41, 5.74) is 1.03. The molecule has 100 valence electrons. The number of hydrogen-bond donors (Lipinski definition) is 2. The fraction of sp³-hybridized carbons (Fsp3) is 0.615. The minimum atomic E-state index is -0.0822. The van der Waals surface area contributed by atoms with Gasteiger partial charge in [0.15, 0.2) is 0 Å². The Labute approximate surface area is 108 Å². The lowest BCUT2D eigenvalue weighted by molar-refractivity contribution is -0.0974. The van der Waals surface area contributed by atoms with E-state index in [-0.39, 0.29) is 18.8 Å². The lowest BCUT2D eigenvalue weighted by atomic mass is 10.2. The number of aliphatic hydroxyl groups excluding tert-OH is 1. The Morgan fingerprint density at radius 1 is 1.50 bits per heavy atom. The van der Waals surface area contributed by atoms with Gasteiger partial charge in [-0.2, -0.15) is 0 Å². The number of aromatic nitrogens is 1. The summed E-state index contributed by atoms with van der Waals surface area (Å²) in [7, 11) is 1.87. The third-order valence-electron chi connectivity index (χ3n) is 3.05. The molecule has 0 saturated carbocycles. The van der Waals surface area contributed by atoms with Crippen molar-refractivity contribution in [3.63, 3.8) is 0 Å². The number of hydrogen-bond acceptors (Lipinski definition) is 5. The number of morpholine rings is 1. The van der Waals surface area contributed by atoms with Crippen molar-refractivity contribution in [1.29, 1.82) is 0 Å². The van der Waals surface area contributed by atoms with Gasteiger partial charge in [0.05, 0.1) is 24.5 Å². The standard InChI is InChI=1S/C13H21N3O2/c1-10-6-16(8-12(9-17)18-10)7-11-4-3-5-13(14-2)15-11/h3-5,10,12,17H,6-9H2,1-2H3,(H,14,15). The molecule has 5 heteroatoms. The van der Waals surface area contributed by atoms with E-state index >= 15 is 0 Å². The van der Waals surface area contributed by atoms with Crippen molar-refractivity contribution in [2.45, 2.75) is 25.7 Å². The molecule has 1 aliphatic rings. The molecule has 2 rings (SSSR count). The number of pyridine rings is 1. The first-order chi connectivity index (χ1) is 8.71. The SMILES string of the molecule is CNc1cccc(CN2CC(C)OC(CO)C2)n1. The number of nitrogens with zero attached hydrogens (tertiary/aromatic N) is 2. The maximum absolute atomic E-state index is 9.20. The van der Waals surface area contributed by atoms with E-state index in [9.17, 15) is 5.11 Å². The Hall–Kier alpha value is -1.17. The van der Waals surface area contributed by atoms with Crippen LogP contribution in [0.5, 0.6) is 0 Å². The van der Waals surface area contributed by atoms with Crippen molar-refractivity contribution in [1.82, 2.24) is 9.88 Å². The Morgan fingerprint density at radius 2 is 2.33 bits per heavy atom. The predicted molar refractivity (Wildman–Crippen MR) is 70.5 cm³/mol. The minimum absolute atomic E-state index is 0.0742. The van der Waals surface area contributed by atoms with Crippen LogP contribution in [0.15, 0.2) is 18.2 Å². The van der Waals surface area contributed by atoms with Gasteiger partial charge in [0.25, 0.3) is 0 Å². The molecule has 1 saturated heterocycles. The summed E-state index contributed by atoms with van der Waals surface area (Å²) >= 11 is 0. The normalized spacial score (nSPS) is 25.1. The molecule has 0 bridgehead atoms. The number of rotatable bonds is 4. The second kappa shape index (κ2) is 6.13. The van der Waals surface area contributed by atoms with Gasteiger partial charge in [-0.25, -0.2) is 4.98 Å². The van der Waals surface area contributed by atoms with E-state index in [0.717, 1.165) is 31.1 Å². The third-order valence-corrected chi connectivity index (χ3v) is 3.05. The van der Waals surface area contributed by atoms with Crippen molar-refractivity contribution in [2.24, 2.45) is 0 Å². The van der Waals surface area contributed by atoms with E-state index in [1.807, 2.05) is 32.2 Å². The molecule has 0 aliphatic carbocycles. The molecule has 0 spiro atoms. The van der Waals surface area contributed by atoms with Crippen molar-refractivity contribution in [3.05, 3.63) is 23.9 Å². The second-order valence-electron chi connectivity index (χ2n) is 4.71. The monoisotopic (exact) mass is 251 g/mol. The fourth-order valence-corrected chi connectivity index (χ4v) is 2.31. The molecule has 0 amide bonds. The van der Waals surface area contributed by atoms with Crippen LogP contribution in [0.25, 0.3) is 0 Å². The number of aliphatic hydroxyl groups is 1. The van der Waals surface area contributed by atoms with Crippen molar-refractivity contribution >= 4 is 5.82 Å². The predicted octanol–water partition coefficient (Wildman–Crippen LogP) is 0.705. The first-order valence-corrected chi connectivity index (χ1v) is 6.33. The van der Waals surface area contributed by atoms with Crippen LogP contribution in [-0.2, 0) is 11.3 Å². The van der Waals surface area contributed by atoms with Crippen molar-refractivity contribution < 1.29 is 9.84 Å². The van der Waals surface area contributed by atoms with Gasteiger partial charge >= 0.3 is 0 Å². The smallest absolute Gasteiger partial charge is 0.126 e. The Bertz CT molecular complexity index is 386. The molecule has 1 aromatic rings. The summed E-state index contributed by atoms with van der Waals surface area (Å²) < 4.78 is 5.62. The molecule has 5 nitrogen and oxygen atoms in total. The molecule has 0 aromatic carbocycles. The van der Waals surface area contributed by atoms with E-state index in [4.69, 9.17) is 4.74 Å². The summed E-state index contributed by atoms with van der Waals surface area (Å²) in [5.74, 6) is 0.882. The van der Waals surface area contributed by atoms with Crippen LogP contribution in [0.2, 0.25) is 0 Å². The molecule has 1 aromatic heterocycles.